The molecular formula is C16H16BrClFN. The van der Waals surface area contributed by atoms with Crippen LogP contribution in [-0.2, 0) is 6.54 Å². The van der Waals surface area contributed by atoms with Gasteiger partial charge in [0.25, 0.3) is 0 Å². The van der Waals surface area contributed by atoms with Crippen LogP contribution in [0.3, 0.4) is 0 Å². The Labute approximate surface area is 132 Å². The van der Waals surface area contributed by atoms with Gasteiger partial charge in [-0.05, 0) is 71.1 Å². The molecule has 0 fully saturated rings. The number of nitrogens with one attached hydrogen (secondary N) is 1. The summed E-state index contributed by atoms with van der Waals surface area (Å²) in [6, 6.07) is 7.06. The van der Waals surface area contributed by atoms with Crippen LogP contribution in [0.4, 0.5) is 10.1 Å². The highest BCUT2D eigenvalue weighted by molar-refractivity contribution is 9.10. The van der Waals surface area contributed by atoms with Crippen LogP contribution in [0.1, 0.15) is 22.3 Å². The Hall–Kier alpha value is -1.06. The molecule has 0 aliphatic heterocycles. The molecule has 1 nitrogen and oxygen atoms in total. The fraction of sp³-hybridized carbons (Fsp3) is 0.250. The first-order chi connectivity index (χ1) is 9.38. The molecule has 0 atom stereocenters. The topological polar surface area (TPSA) is 12.0 Å². The third-order valence-corrected chi connectivity index (χ3v) is 4.34. The molecule has 2 aromatic carbocycles. The molecular weight excluding hydrogens is 341 g/mol. The van der Waals surface area contributed by atoms with Gasteiger partial charge >= 0.3 is 0 Å². The van der Waals surface area contributed by atoms with Crippen LogP contribution in [0.5, 0.6) is 0 Å². The van der Waals surface area contributed by atoms with Gasteiger partial charge in [0.2, 0.25) is 0 Å². The van der Waals surface area contributed by atoms with Gasteiger partial charge in [-0.1, -0.05) is 23.7 Å². The zero-order valence-corrected chi connectivity index (χ0v) is 14.0. The molecule has 2 rings (SSSR count). The monoisotopic (exact) mass is 355 g/mol. The van der Waals surface area contributed by atoms with Gasteiger partial charge in [0.15, 0.2) is 0 Å². The minimum absolute atomic E-state index is 0.352. The van der Waals surface area contributed by atoms with Gasteiger partial charge in [-0.2, -0.15) is 0 Å². The lowest BCUT2D eigenvalue weighted by molar-refractivity contribution is 0.627. The maximum absolute atomic E-state index is 13.2. The zero-order valence-electron chi connectivity index (χ0n) is 11.7. The third kappa shape index (κ3) is 3.33. The van der Waals surface area contributed by atoms with Gasteiger partial charge in [0, 0.05) is 11.0 Å². The maximum atomic E-state index is 13.2. The SMILES string of the molecule is Cc1cc(C)c(CNc2c(Cl)cc(F)cc2Br)cc1C. The van der Waals surface area contributed by atoms with Crippen LogP contribution in [-0.4, -0.2) is 0 Å². The molecule has 106 valence electrons. The maximum Gasteiger partial charge on any atom is 0.125 e. The van der Waals surface area contributed by atoms with Gasteiger partial charge in [0.05, 0.1) is 10.7 Å². The van der Waals surface area contributed by atoms with E-state index in [1.807, 2.05) is 0 Å². The molecule has 0 saturated heterocycles. The van der Waals surface area contributed by atoms with Crippen molar-refractivity contribution in [3.05, 3.63) is 61.8 Å². The summed E-state index contributed by atoms with van der Waals surface area (Å²) in [6.07, 6.45) is 0. The van der Waals surface area contributed by atoms with Crippen LogP contribution < -0.4 is 5.32 Å². The standard InChI is InChI=1S/C16H16BrClFN/c1-9-4-11(3)12(5-10(9)2)8-20-16-14(17)6-13(19)7-15(16)18/h4-7,20H,8H2,1-3H3. The summed E-state index contributed by atoms with van der Waals surface area (Å²) in [5, 5.41) is 3.64. The number of aryl methyl sites for hydroxylation is 3. The first kappa shape index (κ1) is 15.3. The molecule has 0 spiro atoms. The lowest BCUT2D eigenvalue weighted by atomic mass is 10.0. The summed E-state index contributed by atoms with van der Waals surface area (Å²) in [5.74, 6) is -0.352. The van der Waals surface area contributed by atoms with Gasteiger partial charge in [-0.25, -0.2) is 4.39 Å². The molecule has 0 saturated carbocycles. The second-order valence-corrected chi connectivity index (χ2v) is 6.22. The molecule has 20 heavy (non-hydrogen) atoms. The number of hydrogen-bond acceptors (Lipinski definition) is 1. The van der Waals surface area contributed by atoms with Crippen molar-refractivity contribution in [2.45, 2.75) is 27.3 Å². The molecule has 0 radical (unpaired) electrons. The van der Waals surface area contributed by atoms with Crippen molar-refractivity contribution in [3.63, 3.8) is 0 Å². The van der Waals surface area contributed by atoms with Crippen LogP contribution in [0.15, 0.2) is 28.7 Å². The van der Waals surface area contributed by atoms with E-state index in [1.54, 1.807) is 0 Å². The Morgan fingerprint density at radius 2 is 1.70 bits per heavy atom. The largest absolute Gasteiger partial charge is 0.379 e. The normalized spacial score (nSPS) is 10.7. The Bertz CT molecular complexity index is 632. The highest BCUT2D eigenvalue weighted by Crippen LogP contribution is 2.32. The van der Waals surface area contributed by atoms with Crippen molar-refractivity contribution in [3.8, 4) is 0 Å². The number of halogens is 3. The van der Waals surface area contributed by atoms with Gasteiger partial charge < -0.3 is 5.32 Å². The molecule has 0 aliphatic carbocycles. The van der Waals surface area contributed by atoms with Crippen molar-refractivity contribution in [2.24, 2.45) is 0 Å². The van der Waals surface area contributed by atoms with Crippen LogP contribution in [0.25, 0.3) is 0 Å². The number of hydrogen-bond donors (Lipinski definition) is 1. The molecule has 0 aromatic heterocycles. The van der Waals surface area contributed by atoms with E-state index < -0.39 is 0 Å². The van der Waals surface area contributed by atoms with E-state index in [0.29, 0.717) is 21.7 Å². The van der Waals surface area contributed by atoms with E-state index >= 15 is 0 Å². The first-order valence-electron chi connectivity index (χ1n) is 6.33. The summed E-state index contributed by atoms with van der Waals surface area (Å²) in [5.41, 5.74) is 5.70. The smallest absolute Gasteiger partial charge is 0.125 e. The van der Waals surface area contributed by atoms with Crippen LogP contribution in [0.2, 0.25) is 5.02 Å². The molecule has 0 unspecified atom stereocenters. The number of anilines is 1. The van der Waals surface area contributed by atoms with E-state index in [2.05, 4.69) is 54.2 Å². The highest BCUT2D eigenvalue weighted by atomic mass is 79.9. The summed E-state index contributed by atoms with van der Waals surface area (Å²) in [4.78, 5) is 0. The Morgan fingerprint density at radius 3 is 2.35 bits per heavy atom. The molecule has 0 heterocycles. The lowest BCUT2D eigenvalue weighted by Crippen LogP contribution is -2.04. The highest BCUT2D eigenvalue weighted by Gasteiger charge is 2.09. The predicted octanol–water partition coefficient (Wildman–Crippen LogP) is 5.78. The van der Waals surface area contributed by atoms with Crippen molar-refractivity contribution in [2.75, 3.05) is 5.32 Å². The quantitative estimate of drug-likeness (QED) is 0.735. The van der Waals surface area contributed by atoms with Crippen molar-refractivity contribution < 1.29 is 4.39 Å². The van der Waals surface area contributed by atoms with E-state index in [1.165, 1.54) is 34.4 Å². The lowest BCUT2D eigenvalue weighted by Gasteiger charge is -2.14. The fourth-order valence-electron chi connectivity index (χ4n) is 2.11. The molecule has 0 bridgehead atoms. The van der Waals surface area contributed by atoms with E-state index in [-0.39, 0.29) is 5.82 Å². The van der Waals surface area contributed by atoms with Crippen LogP contribution in [0, 0.1) is 26.6 Å². The second kappa shape index (κ2) is 6.15. The average molecular weight is 357 g/mol. The fourth-order valence-corrected chi connectivity index (χ4v) is 3.06. The van der Waals surface area contributed by atoms with Gasteiger partial charge in [0.1, 0.15) is 5.82 Å². The van der Waals surface area contributed by atoms with Gasteiger partial charge in [-0.3, -0.25) is 0 Å². The minimum Gasteiger partial charge on any atom is -0.379 e. The predicted molar refractivity (Wildman–Crippen MR) is 87.1 cm³/mol. The minimum atomic E-state index is -0.352. The molecule has 2 aromatic rings. The van der Waals surface area contributed by atoms with E-state index in [4.69, 9.17) is 11.6 Å². The van der Waals surface area contributed by atoms with Crippen LogP contribution >= 0.6 is 27.5 Å². The van der Waals surface area contributed by atoms with Crippen molar-refractivity contribution in [1.29, 1.82) is 0 Å². The molecule has 0 amide bonds. The Kier molecular flexibility index (Phi) is 4.71. The molecule has 4 heteroatoms. The third-order valence-electron chi connectivity index (χ3n) is 3.41. The summed E-state index contributed by atoms with van der Waals surface area (Å²) >= 11 is 9.39. The van der Waals surface area contributed by atoms with Crippen molar-refractivity contribution >= 4 is 33.2 Å². The summed E-state index contributed by atoms with van der Waals surface area (Å²) in [7, 11) is 0. The van der Waals surface area contributed by atoms with E-state index in [0.717, 1.165) is 0 Å². The molecule has 1 N–H and O–H groups in total. The molecule has 0 aliphatic rings. The average Bonchev–Trinajstić information content (AvgIpc) is 2.33. The zero-order chi connectivity index (χ0) is 14.9. The summed E-state index contributed by atoms with van der Waals surface area (Å²) < 4.78 is 13.8. The Morgan fingerprint density at radius 1 is 1.05 bits per heavy atom. The Balaban J connectivity index is 2.23. The second-order valence-electron chi connectivity index (χ2n) is 4.96. The summed E-state index contributed by atoms with van der Waals surface area (Å²) in [6.45, 7) is 6.94. The first-order valence-corrected chi connectivity index (χ1v) is 7.50. The number of benzene rings is 2. The van der Waals surface area contributed by atoms with E-state index in [9.17, 15) is 4.39 Å². The van der Waals surface area contributed by atoms with Gasteiger partial charge in [-0.15, -0.1) is 0 Å². The number of rotatable bonds is 3. The van der Waals surface area contributed by atoms with Crippen molar-refractivity contribution in [1.82, 2.24) is 0 Å².